The molecule has 1 fully saturated rings. The number of carbonyl (C=O) groups is 1. The smallest absolute Gasteiger partial charge is 0.230 e. The molecule has 1 saturated carbocycles. The number of benzene rings is 1. The van der Waals surface area contributed by atoms with E-state index in [-0.39, 0.29) is 5.91 Å². The number of fused-ring (bicyclic) bond motifs is 1. The van der Waals surface area contributed by atoms with Crippen LogP contribution in [0.25, 0.3) is 0 Å². The maximum Gasteiger partial charge on any atom is 0.230 e. The van der Waals surface area contributed by atoms with Crippen LogP contribution in [0.3, 0.4) is 0 Å². The molecule has 5 nitrogen and oxygen atoms in total. The fourth-order valence-electron chi connectivity index (χ4n) is 4.18. The van der Waals surface area contributed by atoms with E-state index in [4.69, 9.17) is 9.47 Å². The first-order valence-corrected chi connectivity index (χ1v) is 10.1. The maximum absolute atomic E-state index is 13.1. The Morgan fingerprint density at radius 3 is 2.50 bits per heavy atom. The monoisotopic (exact) mass is 360 g/mol. The number of nitrogens with zero attached hydrogens (tertiary/aromatic N) is 1. The molecular weight excluding hydrogens is 328 g/mol. The maximum atomic E-state index is 13.1. The van der Waals surface area contributed by atoms with Gasteiger partial charge in [-0.25, -0.2) is 0 Å². The molecule has 0 atom stereocenters. The summed E-state index contributed by atoms with van der Waals surface area (Å²) in [6, 6.07) is 6.03. The van der Waals surface area contributed by atoms with Crippen LogP contribution in [0.1, 0.15) is 51.5 Å². The van der Waals surface area contributed by atoms with Crippen molar-refractivity contribution in [1.29, 1.82) is 0 Å². The predicted molar refractivity (Wildman–Crippen MR) is 103 cm³/mol. The van der Waals surface area contributed by atoms with Gasteiger partial charge in [-0.2, -0.15) is 0 Å². The highest BCUT2D eigenvalue weighted by Crippen LogP contribution is 2.44. The molecular formula is C21H32N2O3. The lowest BCUT2D eigenvalue weighted by Gasteiger charge is -2.30. The van der Waals surface area contributed by atoms with Gasteiger partial charge in [-0.3, -0.25) is 4.79 Å². The van der Waals surface area contributed by atoms with Crippen molar-refractivity contribution in [2.45, 2.75) is 51.4 Å². The van der Waals surface area contributed by atoms with Gasteiger partial charge < -0.3 is 19.7 Å². The van der Waals surface area contributed by atoms with Crippen LogP contribution < -0.4 is 14.8 Å². The van der Waals surface area contributed by atoms with Gasteiger partial charge in [0.25, 0.3) is 0 Å². The molecule has 1 N–H and O–H groups in total. The highest BCUT2D eigenvalue weighted by atomic mass is 16.6. The standard InChI is InChI=1S/C21H32N2O3/c1-3-23(4-2)13-7-12-22-20(24)21(10-5-6-11-21)17-8-9-18-19(16-17)26-15-14-25-18/h8-9,16H,3-7,10-15H2,1-2H3,(H,22,24). The topological polar surface area (TPSA) is 50.8 Å². The molecule has 5 heteroatoms. The summed E-state index contributed by atoms with van der Waals surface area (Å²) in [4.78, 5) is 15.5. The first-order valence-electron chi connectivity index (χ1n) is 10.1. The van der Waals surface area contributed by atoms with Crippen molar-refractivity contribution >= 4 is 5.91 Å². The van der Waals surface area contributed by atoms with Crippen molar-refractivity contribution in [1.82, 2.24) is 10.2 Å². The van der Waals surface area contributed by atoms with Crippen molar-refractivity contribution < 1.29 is 14.3 Å². The quantitative estimate of drug-likeness (QED) is 0.724. The van der Waals surface area contributed by atoms with E-state index in [2.05, 4.69) is 24.1 Å². The molecule has 2 aliphatic rings. The summed E-state index contributed by atoms with van der Waals surface area (Å²) in [5, 5.41) is 3.21. The van der Waals surface area contributed by atoms with Crippen molar-refractivity contribution in [3.63, 3.8) is 0 Å². The summed E-state index contributed by atoms with van der Waals surface area (Å²) in [6.07, 6.45) is 5.01. The van der Waals surface area contributed by atoms with Crippen LogP contribution in [0, 0.1) is 0 Å². The molecule has 0 saturated heterocycles. The highest BCUT2D eigenvalue weighted by molar-refractivity contribution is 5.88. The van der Waals surface area contributed by atoms with E-state index in [1.165, 1.54) is 0 Å². The summed E-state index contributed by atoms with van der Waals surface area (Å²) in [5.41, 5.74) is 0.658. The van der Waals surface area contributed by atoms with Crippen LogP contribution in [0.2, 0.25) is 0 Å². The first-order chi connectivity index (χ1) is 12.7. The van der Waals surface area contributed by atoms with Gasteiger partial charge >= 0.3 is 0 Å². The Morgan fingerprint density at radius 1 is 1.12 bits per heavy atom. The molecule has 0 spiro atoms. The summed E-state index contributed by atoms with van der Waals surface area (Å²) >= 11 is 0. The van der Waals surface area contributed by atoms with Gasteiger partial charge in [0, 0.05) is 6.54 Å². The largest absolute Gasteiger partial charge is 0.486 e. The normalized spacial score (nSPS) is 18.1. The highest BCUT2D eigenvalue weighted by Gasteiger charge is 2.43. The van der Waals surface area contributed by atoms with E-state index in [9.17, 15) is 4.79 Å². The summed E-state index contributed by atoms with van der Waals surface area (Å²) in [5.74, 6) is 1.73. The molecule has 1 aliphatic carbocycles. The van der Waals surface area contributed by atoms with Gasteiger partial charge in [0.05, 0.1) is 5.41 Å². The average molecular weight is 360 g/mol. The third-order valence-electron chi connectivity index (χ3n) is 5.82. The molecule has 1 aromatic carbocycles. The molecule has 3 rings (SSSR count). The number of ether oxygens (including phenoxy) is 2. The van der Waals surface area contributed by atoms with Crippen molar-refractivity contribution in [2.75, 3.05) is 39.4 Å². The van der Waals surface area contributed by atoms with E-state index in [1.807, 2.05) is 18.2 Å². The van der Waals surface area contributed by atoms with Gasteiger partial charge in [0.1, 0.15) is 13.2 Å². The van der Waals surface area contributed by atoms with Crippen molar-refractivity contribution in [3.8, 4) is 11.5 Å². The first kappa shape index (κ1) is 19.0. The lowest BCUT2D eigenvalue weighted by molar-refractivity contribution is -0.126. The molecule has 0 bridgehead atoms. The van der Waals surface area contributed by atoms with Crippen LogP contribution in [0.5, 0.6) is 11.5 Å². The molecule has 26 heavy (non-hydrogen) atoms. The van der Waals surface area contributed by atoms with Crippen LogP contribution in [-0.2, 0) is 10.2 Å². The second kappa shape index (κ2) is 8.76. The zero-order valence-electron chi connectivity index (χ0n) is 16.2. The molecule has 0 radical (unpaired) electrons. The van der Waals surface area contributed by atoms with Gasteiger partial charge in [0.2, 0.25) is 5.91 Å². The van der Waals surface area contributed by atoms with E-state index in [0.29, 0.717) is 13.2 Å². The third-order valence-corrected chi connectivity index (χ3v) is 5.82. The molecule has 144 valence electrons. The Balaban J connectivity index is 1.66. The number of amides is 1. The Labute approximate surface area is 157 Å². The minimum atomic E-state index is -0.412. The Hall–Kier alpha value is -1.75. The van der Waals surface area contributed by atoms with Crippen molar-refractivity contribution in [3.05, 3.63) is 23.8 Å². The van der Waals surface area contributed by atoms with Crippen LogP contribution in [-0.4, -0.2) is 50.2 Å². The number of hydrogen-bond donors (Lipinski definition) is 1. The zero-order valence-corrected chi connectivity index (χ0v) is 16.2. The van der Waals surface area contributed by atoms with E-state index in [0.717, 1.165) is 75.3 Å². The molecule has 1 aromatic rings. The molecule has 1 heterocycles. The van der Waals surface area contributed by atoms with Crippen LogP contribution in [0.4, 0.5) is 0 Å². The van der Waals surface area contributed by atoms with Crippen LogP contribution >= 0.6 is 0 Å². The van der Waals surface area contributed by atoms with Gasteiger partial charge in [-0.1, -0.05) is 32.8 Å². The van der Waals surface area contributed by atoms with E-state index in [1.54, 1.807) is 0 Å². The summed E-state index contributed by atoms with van der Waals surface area (Å²) in [6.45, 7) is 9.41. The minimum Gasteiger partial charge on any atom is -0.486 e. The summed E-state index contributed by atoms with van der Waals surface area (Å²) < 4.78 is 11.4. The Kier molecular flexibility index (Phi) is 6.41. The Morgan fingerprint density at radius 2 is 1.81 bits per heavy atom. The SMILES string of the molecule is CCN(CC)CCCNC(=O)C1(c2ccc3c(c2)OCCO3)CCCC1. The lowest BCUT2D eigenvalue weighted by atomic mass is 9.77. The van der Waals surface area contributed by atoms with Gasteiger partial charge in [0.15, 0.2) is 11.5 Å². The second-order valence-corrected chi connectivity index (χ2v) is 7.28. The molecule has 0 aromatic heterocycles. The van der Waals surface area contributed by atoms with E-state index >= 15 is 0 Å². The van der Waals surface area contributed by atoms with Crippen LogP contribution in [0.15, 0.2) is 18.2 Å². The number of hydrogen-bond acceptors (Lipinski definition) is 4. The molecule has 1 amide bonds. The Bertz CT molecular complexity index is 607. The van der Waals surface area contributed by atoms with E-state index < -0.39 is 5.41 Å². The number of carbonyl (C=O) groups excluding carboxylic acids is 1. The predicted octanol–water partition coefficient (Wildman–Crippen LogP) is 3.12. The zero-order chi connectivity index (χ0) is 18.4. The lowest BCUT2D eigenvalue weighted by Crippen LogP contribution is -2.43. The minimum absolute atomic E-state index is 0.172. The number of nitrogens with one attached hydrogen (secondary N) is 1. The van der Waals surface area contributed by atoms with Crippen molar-refractivity contribution in [2.24, 2.45) is 0 Å². The molecule has 0 unspecified atom stereocenters. The molecule has 1 aliphatic heterocycles. The van der Waals surface area contributed by atoms with Gasteiger partial charge in [-0.15, -0.1) is 0 Å². The fraction of sp³-hybridized carbons (Fsp3) is 0.667. The fourth-order valence-corrected chi connectivity index (χ4v) is 4.18. The second-order valence-electron chi connectivity index (χ2n) is 7.28. The number of rotatable bonds is 8. The third kappa shape index (κ3) is 3.98. The van der Waals surface area contributed by atoms with Gasteiger partial charge in [-0.05, 0) is 56.6 Å². The average Bonchev–Trinajstić information content (AvgIpc) is 3.19. The summed E-state index contributed by atoms with van der Waals surface area (Å²) in [7, 11) is 0.